The Hall–Kier alpha value is -1.38. The standard InChI is InChI=1S/C13H20N2O3/c1-3-6-15(7-10-17-2)12(16)13(11-14)4-8-18-9-5-13/h3H,1,4-10H2,2H3. The minimum Gasteiger partial charge on any atom is -0.383 e. The van der Waals surface area contributed by atoms with Gasteiger partial charge in [-0.15, -0.1) is 6.58 Å². The molecule has 1 rings (SSSR count). The molecule has 0 aromatic heterocycles. The highest BCUT2D eigenvalue weighted by Crippen LogP contribution is 2.31. The van der Waals surface area contributed by atoms with Crippen molar-refractivity contribution in [2.75, 3.05) is 40.0 Å². The fourth-order valence-electron chi connectivity index (χ4n) is 2.03. The lowest BCUT2D eigenvalue weighted by atomic mass is 9.80. The molecule has 0 unspecified atom stereocenters. The molecular weight excluding hydrogens is 232 g/mol. The van der Waals surface area contributed by atoms with E-state index in [1.165, 1.54) is 0 Å². The molecule has 1 amide bonds. The van der Waals surface area contributed by atoms with Gasteiger partial charge in [0.05, 0.1) is 12.7 Å². The minimum atomic E-state index is -0.936. The summed E-state index contributed by atoms with van der Waals surface area (Å²) in [6.07, 6.45) is 2.59. The molecule has 0 spiro atoms. The third kappa shape index (κ3) is 3.31. The van der Waals surface area contributed by atoms with Gasteiger partial charge in [-0.05, 0) is 12.8 Å². The highest BCUT2D eigenvalue weighted by atomic mass is 16.5. The lowest BCUT2D eigenvalue weighted by molar-refractivity contribution is -0.143. The van der Waals surface area contributed by atoms with E-state index < -0.39 is 5.41 Å². The van der Waals surface area contributed by atoms with Crippen LogP contribution in [-0.4, -0.2) is 50.8 Å². The molecule has 5 heteroatoms. The van der Waals surface area contributed by atoms with Crippen LogP contribution in [0.5, 0.6) is 0 Å². The molecular formula is C13H20N2O3. The normalized spacial score (nSPS) is 17.8. The fraction of sp³-hybridized carbons (Fsp3) is 0.692. The number of hydrogen-bond acceptors (Lipinski definition) is 4. The summed E-state index contributed by atoms with van der Waals surface area (Å²) >= 11 is 0. The molecule has 1 heterocycles. The highest BCUT2D eigenvalue weighted by molar-refractivity contribution is 5.85. The van der Waals surface area contributed by atoms with Gasteiger partial charge in [0.2, 0.25) is 5.91 Å². The monoisotopic (exact) mass is 252 g/mol. The van der Waals surface area contributed by atoms with Crippen molar-refractivity contribution < 1.29 is 14.3 Å². The van der Waals surface area contributed by atoms with Crippen molar-refractivity contribution in [2.24, 2.45) is 5.41 Å². The number of hydrogen-bond donors (Lipinski definition) is 0. The van der Waals surface area contributed by atoms with Crippen LogP contribution in [0.15, 0.2) is 12.7 Å². The van der Waals surface area contributed by atoms with Gasteiger partial charge in [-0.1, -0.05) is 6.08 Å². The SMILES string of the molecule is C=CCN(CCOC)C(=O)C1(C#N)CCOCC1. The highest BCUT2D eigenvalue weighted by Gasteiger charge is 2.42. The smallest absolute Gasteiger partial charge is 0.243 e. The van der Waals surface area contributed by atoms with Gasteiger partial charge in [-0.2, -0.15) is 5.26 Å². The van der Waals surface area contributed by atoms with Crippen molar-refractivity contribution in [1.29, 1.82) is 5.26 Å². The topological polar surface area (TPSA) is 62.6 Å². The molecule has 1 saturated heterocycles. The van der Waals surface area contributed by atoms with E-state index >= 15 is 0 Å². The van der Waals surface area contributed by atoms with E-state index in [0.717, 1.165) is 0 Å². The third-order valence-corrected chi connectivity index (χ3v) is 3.17. The molecule has 5 nitrogen and oxygen atoms in total. The van der Waals surface area contributed by atoms with Gasteiger partial charge >= 0.3 is 0 Å². The lowest BCUT2D eigenvalue weighted by Gasteiger charge is -2.34. The first-order valence-corrected chi connectivity index (χ1v) is 6.08. The maximum absolute atomic E-state index is 12.5. The maximum Gasteiger partial charge on any atom is 0.243 e. The van der Waals surface area contributed by atoms with E-state index in [1.54, 1.807) is 18.1 Å². The Balaban J connectivity index is 2.78. The predicted molar refractivity (Wildman–Crippen MR) is 66.8 cm³/mol. The van der Waals surface area contributed by atoms with Crippen LogP contribution >= 0.6 is 0 Å². The van der Waals surface area contributed by atoms with Crippen LogP contribution < -0.4 is 0 Å². The molecule has 0 aliphatic carbocycles. The van der Waals surface area contributed by atoms with Crippen LogP contribution in [0.3, 0.4) is 0 Å². The van der Waals surface area contributed by atoms with Crippen LogP contribution in [0.2, 0.25) is 0 Å². The van der Waals surface area contributed by atoms with Crippen molar-refractivity contribution in [3.63, 3.8) is 0 Å². The Morgan fingerprint density at radius 2 is 2.28 bits per heavy atom. The summed E-state index contributed by atoms with van der Waals surface area (Å²) in [5, 5.41) is 9.34. The Kier molecular flexibility index (Phi) is 5.83. The molecule has 0 radical (unpaired) electrons. The maximum atomic E-state index is 12.5. The number of rotatable bonds is 6. The number of carbonyl (C=O) groups is 1. The molecule has 100 valence electrons. The van der Waals surface area contributed by atoms with Gasteiger partial charge in [-0.25, -0.2) is 0 Å². The van der Waals surface area contributed by atoms with E-state index in [2.05, 4.69) is 12.6 Å². The molecule has 1 fully saturated rings. The first kappa shape index (κ1) is 14.7. The van der Waals surface area contributed by atoms with Crippen molar-refractivity contribution in [1.82, 2.24) is 4.90 Å². The number of ether oxygens (including phenoxy) is 2. The van der Waals surface area contributed by atoms with E-state index in [-0.39, 0.29) is 5.91 Å². The summed E-state index contributed by atoms with van der Waals surface area (Å²) in [6, 6.07) is 2.19. The summed E-state index contributed by atoms with van der Waals surface area (Å²) in [5.74, 6) is -0.134. The van der Waals surface area contributed by atoms with Gasteiger partial charge in [-0.3, -0.25) is 4.79 Å². The first-order chi connectivity index (χ1) is 8.70. The zero-order chi connectivity index (χ0) is 13.4. The first-order valence-electron chi connectivity index (χ1n) is 6.08. The zero-order valence-electron chi connectivity index (χ0n) is 10.9. The van der Waals surface area contributed by atoms with E-state index in [4.69, 9.17) is 9.47 Å². The summed E-state index contributed by atoms with van der Waals surface area (Å²) in [7, 11) is 1.59. The number of amides is 1. The average Bonchev–Trinajstić information content (AvgIpc) is 2.43. The summed E-state index contributed by atoms with van der Waals surface area (Å²) in [6.45, 7) is 5.94. The Morgan fingerprint density at radius 3 is 2.78 bits per heavy atom. The number of carbonyl (C=O) groups excluding carboxylic acids is 1. The molecule has 0 aromatic carbocycles. The van der Waals surface area contributed by atoms with Gasteiger partial charge in [0.1, 0.15) is 5.41 Å². The van der Waals surface area contributed by atoms with Gasteiger partial charge < -0.3 is 14.4 Å². The van der Waals surface area contributed by atoms with Crippen LogP contribution in [0, 0.1) is 16.7 Å². The molecule has 0 saturated carbocycles. The van der Waals surface area contributed by atoms with Crippen molar-refractivity contribution >= 4 is 5.91 Å². The van der Waals surface area contributed by atoms with Gasteiger partial charge in [0, 0.05) is 33.4 Å². The number of nitriles is 1. The summed E-state index contributed by atoms with van der Waals surface area (Å²) in [5.41, 5.74) is -0.936. The Bertz CT molecular complexity index is 330. The molecule has 0 bridgehead atoms. The van der Waals surface area contributed by atoms with Gasteiger partial charge in [0.25, 0.3) is 0 Å². The summed E-state index contributed by atoms with van der Waals surface area (Å²) < 4.78 is 10.2. The number of nitrogens with zero attached hydrogens (tertiary/aromatic N) is 2. The Morgan fingerprint density at radius 1 is 1.61 bits per heavy atom. The van der Waals surface area contributed by atoms with Crippen LogP contribution in [0.4, 0.5) is 0 Å². The minimum absolute atomic E-state index is 0.134. The van der Waals surface area contributed by atoms with Gasteiger partial charge in [0.15, 0.2) is 0 Å². The Labute approximate surface area is 108 Å². The third-order valence-electron chi connectivity index (χ3n) is 3.17. The summed E-state index contributed by atoms with van der Waals surface area (Å²) in [4.78, 5) is 14.1. The van der Waals surface area contributed by atoms with Crippen LogP contribution in [0.1, 0.15) is 12.8 Å². The van der Waals surface area contributed by atoms with Crippen molar-refractivity contribution in [3.8, 4) is 6.07 Å². The van der Waals surface area contributed by atoms with E-state index in [9.17, 15) is 10.1 Å². The number of methoxy groups -OCH3 is 1. The molecule has 0 N–H and O–H groups in total. The van der Waals surface area contributed by atoms with Crippen LogP contribution in [0.25, 0.3) is 0 Å². The average molecular weight is 252 g/mol. The second-order valence-corrected chi connectivity index (χ2v) is 4.34. The fourth-order valence-corrected chi connectivity index (χ4v) is 2.03. The molecule has 1 aliphatic rings. The molecule has 18 heavy (non-hydrogen) atoms. The van der Waals surface area contributed by atoms with E-state index in [1.807, 2.05) is 0 Å². The second-order valence-electron chi connectivity index (χ2n) is 4.34. The van der Waals surface area contributed by atoms with Crippen molar-refractivity contribution in [3.05, 3.63) is 12.7 Å². The van der Waals surface area contributed by atoms with Crippen LogP contribution in [-0.2, 0) is 14.3 Å². The predicted octanol–water partition coefficient (Wildman–Crippen LogP) is 0.968. The molecule has 0 aromatic rings. The quantitative estimate of drug-likeness (QED) is 0.661. The lowest BCUT2D eigenvalue weighted by Crippen LogP contribution is -2.47. The van der Waals surface area contributed by atoms with Crippen molar-refractivity contribution in [2.45, 2.75) is 12.8 Å². The largest absolute Gasteiger partial charge is 0.383 e. The second kappa shape index (κ2) is 7.14. The molecule has 0 atom stereocenters. The zero-order valence-corrected chi connectivity index (χ0v) is 10.9. The molecule has 1 aliphatic heterocycles. The van der Waals surface area contributed by atoms with E-state index in [0.29, 0.717) is 45.8 Å².